The molecule has 1 unspecified atom stereocenters. The van der Waals surface area contributed by atoms with Gasteiger partial charge in [-0.2, -0.15) is 0 Å². The van der Waals surface area contributed by atoms with Crippen molar-refractivity contribution in [2.75, 3.05) is 0 Å². The van der Waals surface area contributed by atoms with Gasteiger partial charge in [-0.25, -0.2) is 0 Å². The molecule has 2 aromatic rings. The zero-order valence-corrected chi connectivity index (χ0v) is 9.91. The fourth-order valence-electron chi connectivity index (χ4n) is 1.84. The van der Waals surface area contributed by atoms with Crippen molar-refractivity contribution in [2.45, 2.75) is 5.60 Å². The van der Waals surface area contributed by atoms with Crippen LogP contribution in [0.25, 0.3) is 0 Å². The Hall–Kier alpha value is -2.19. The van der Waals surface area contributed by atoms with E-state index in [1.165, 1.54) is 6.08 Å². The highest BCUT2D eigenvalue weighted by Crippen LogP contribution is 2.26. The normalized spacial score (nSPS) is 13.6. The van der Waals surface area contributed by atoms with E-state index < -0.39 is 5.60 Å². The molecule has 0 amide bonds. The van der Waals surface area contributed by atoms with Gasteiger partial charge in [-0.05, 0) is 11.6 Å². The van der Waals surface area contributed by atoms with E-state index in [2.05, 4.69) is 6.58 Å². The number of Topliss-reactive ketones (excluding diaryl/α,β-unsaturated/α-hetero) is 1. The minimum Gasteiger partial charge on any atom is -0.373 e. The molecule has 0 spiro atoms. The lowest BCUT2D eigenvalue weighted by molar-refractivity contribution is 0.0519. The van der Waals surface area contributed by atoms with E-state index in [4.69, 9.17) is 0 Å². The van der Waals surface area contributed by atoms with Crippen LogP contribution in [0.3, 0.4) is 0 Å². The maximum Gasteiger partial charge on any atom is 0.202 e. The number of hydrogen-bond donors (Lipinski definition) is 1. The van der Waals surface area contributed by atoms with Gasteiger partial charge >= 0.3 is 0 Å². The molecule has 0 fully saturated rings. The van der Waals surface area contributed by atoms with Crippen LogP contribution in [0.15, 0.2) is 73.3 Å². The fourth-order valence-corrected chi connectivity index (χ4v) is 1.84. The van der Waals surface area contributed by atoms with E-state index in [1.807, 2.05) is 12.1 Å². The number of hydrogen-bond acceptors (Lipinski definition) is 2. The Morgan fingerprint density at radius 1 is 1.00 bits per heavy atom. The van der Waals surface area contributed by atoms with Gasteiger partial charge in [0.05, 0.1) is 0 Å². The molecule has 0 aliphatic heterocycles. The summed E-state index contributed by atoms with van der Waals surface area (Å²) in [5.74, 6) is -0.371. The molecule has 0 aliphatic carbocycles. The molecule has 2 heteroatoms. The van der Waals surface area contributed by atoms with Crippen molar-refractivity contribution >= 4 is 5.78 Å². The average Bonchev–Trinajstić information content (AvgIpc) is 2.47. The first-order valence-corrected chi connectivity index (χ1v) is 5.70. The predicted molar refractivity (Wildman–Crippen MR) is 71.3 cm³/mol. The second kappa shape index (κ2) is 4.98. The molecule has 2 rings (SSSR count). The van der Waals surface area contributed by atoms with Crippen molar-refractivity contribution in [1.82, 2.24) is 0 Å². The summed E-state index contributed by atoms with van der Waals surface area (Å²) < 4.78 is 0. The average molecular weight is 238 g/mol. The van der Waals surface area contributed by atoms with Crippen LogP contribution >= 0.6 is 0 Å². The lowest BCUT2D eigenvalue weighted by Crippen LogP contribution is -2.33. The highest BCUT2D eigenvalue weighted by molar-refractivity contribution is 6.04. The highest BCUT2D eigenvalue weighted by atomic mass is 16.3. The van der Waals surface area contributed by atoms with Crippen LogP contribution in [0.4, 0.5) is 0 Å². The Bertz CT molecular complexity index is 546. The summed E-state index contributed by atoms with van der Waals surface area (Å²) in [6.07, 6.45) is 1.28. The third-order valence-corrected chi connectivity index (χ3v) is 2.89. The molecule has 0 aromatic heterocycles. The minimum absolute atomic E-state index is 0.371. The highest BCUT2D eigenvalue weighted by Gasteiger charge is 2.34. The number of carbonyl (C=O) groups is 1. The van der Waals surface area contributed by atoms with E-state index in [-0.39, 0.29) is 5.78 Å². The van der Waals surface area contributed by atoms with Crippen LogP contribution in [0.1, 0.15) is 15.9 Å². The Labute approximate surface area is 106 Å². The third kappa shape index (κ3) is 2.11. The molecule has 0 radical (unpaired) electrons. The van der Waals surface area contributed by atoms with E-state index in [9.17, 15) is 9.90 Å². The molecule has 0 bridgehead atoms. The topological polar surface area (TPSA) is 37.3 Å². The number of ketones is 1. The summed E-state index contributed by atoms with van der Waals surface area (Å²) in [5, 5.41) is 10.5. The van der Waals surface area contributed by atoms with Gasteiger partial charge in [0, 0.05) is 5.56 Å². The number of benzene rings is 2. The van der Waals surface area contributed by atoms with Crippen molar-refractivity contribution in [3.63, 3.8) is 0 Å². The van der Waals surface area contributed by atoms with Crippen molar-refractivity contribution in [2.24, 2.45) is 0 Å². The summed E-state index contributed by atoms with van der Waals surface area (Å²) >= 11 is 0. The summed E-state index contributed by atoms with van der Waals surface area (Å²) in [7, 11) is 0. The monoisotopic (exact) mass is 238 g/mol. The molecule has 2 aromatic carbocycles. The van der Waals surface area contributed by atoms with Gasteiger partial charge in [0.25, 0.3) is 0 Å². The number of aliphatic hydroxyl groups is 1. The van der Waals surface area contributed by atoms with E-state index in [0.717, 1.165) is 0 Å². The van der Waals surface area contributed by atoms with Crippen molar-refractivity contribution in [3.05, 3.63) is 84.4 Å². The maximum absolute atomic E-state index is 12.4. The first-order valence-electron chi connectivity index (χ1n) is 5.70. The Morgan fingerprint density at radius 3 is 2.00 bits per heavy atom. The van der Waals surface area contributed by atoms with Crippen LogP contribution in [0.5, 0.6) is 0 Å². The van der Waals surface area contributed by atoms with Crippen LogP contribution < -0.4 is 0 Å². The summed E-state index contributed by atoms with van der Waals surface area (Å²) in [4.78, 5) is 12.4. The minimum atomic E-state index is -1.68. The molecule has 0 saturated heterocycles. The standard InChI is InChI=1S/C16H14O2/c1-2-16(18,14-11-7-4-8-12-14)15(17)13-9-5-3-6-10-13/h2-12,18H,1H2. The third-order valence-electron chi connectivity index (χ3n) is 2.89. The predicted octanol–water partition coefficient (Wildman–Crippen LogP) is 2.94. The maximum atomic E-state index is 12.4. The largest absolute Gasteiger partial charge is 0.373 e. The van der Waals surface area contributed by atoms with Gasteiger partial charge in [0.2, 0.25) is 5.78 Å². The molecule has 0 saturated carbocycles. The van der Waals surface area contributed by atoms with E-state index in [1.54, 1.807) is 48.5 Å². The number of carbonyl (C=O) groups excluding carboxylic acids is 1. The summed E-state index contributed by atoms with van der Waals surface area (Å²) in [5.41, 5.74) is -0.694. The van der Waals surface area contributed by atoms with Gasteiger partial charge in [0.1, 0.15) is 0 Å². The Morgan fingerprint density at radius 2 is 1.50 bits per heavy atom. The summed E-state index contributed by atoms with van der Waals surface area (Å²) in [6.45, 7) is 3.58. The molecule has 0 aliphatic rings. The lowest BCUT2D eigenvalue weighted by Gasteiger charge is -2.23. The van der Waals surface area contributed by atoms with Crippen molar-refractivity contribution < 1.29 is 9.90 Å². The molecular formula is C16H14O2. The molecule has 2 nitrogen and oxygen atoms in total. The molecule has 90 valence electrons. The summed E-state index contributed by atoms with van der Waals surface area (Å²) in [6, 6.07) is 17.5. The SMILES string of the molecule is C=CC(O)(C(=O)c1ccccc1)c1ccccc1. The van der Waals surface area contributed by atoms with Crippen molar-refractivity contribution in [3.8, 4) is 0 Å². The van der Waals surface area contributed by atoms with Gasteiger partial charge in [-0.15, -0.1) is 0 Å². The quantitative estimate of drug-likeness (QED) is 0.657. The van der Waals surface area contributed by atoms with Crippen LogP contribution in [-0.4, -0.2) is 10.9 Å². The zero-order chi connectivity index (χ0) is 13.0. The van der Waals surface area contributed by atoms with Gasteiger partial charge < -0.3 is 5.11 Å². The fraction of sp³-hybridized carbons (Fsp3) is 0.0625. The van der Waals surface area contributed by atoms with Crippen LogP contribution in [0.2, 0.25) is 0 Å². The molecule has 0 heterocycles. The smallest absolute Gasteiger partial charge is 0.202 e. The molecule has 18 heavy (non-hydrogen) atoms. The van der Waals surface area contributed by atoms with Gasteiger partial charge in [-0.1, -0.05) is 67.2 Å². The second-order valence-electron chi connectivity index (χ2n) is 4.03. The Balaban J connectivity index is 2.46. The second-order valence-corrected chi connectivity index (χ2v) is 4.03. The number of rotatable bonds is 4. The zero-order valence-electron chi connectivity index (χ0n) is 9.91. The van der Waals surface area contributed by atoms with Crippen LogP contribution in [-0.2, 0) is 5.60 Å². The first-order chi connectivity index (χ1) is 8.68. The molecular weight excluding hydrogens is 224 g/mol. The molecule has 1 N–H and O–H groups in total. The Kier molecular flexibility index (Phi) is 3.40. The van der Waals surface area contributed by atoms with E-state index in [0.29, 0.717) is 11.1 Å². The van der Waals surface area contributed by atoms with Crippen molar-refractivity contribution in [1.29, 1.82) is 0 Å². The lowest BCUT2D eigenvalue weighted by atomic mass is 9.86. The van der Waals surface area contributed by atoms with Crippen LogP contribution in [0, 0.1) is 0 Å². The van der Waals surface area contributed by atoms with Gasteiger partial charge in [-0.3, -0.25) is 4.79 Å². The van der Waals surface area contributed by atoms with Gasteiger partial charge in [0.15, 0.2) is 5.60 Å². The first kappa shape index (κ1) is 12.3. The van der Waals surface area contributed by atoms with E-state index >= 15 is 0 Å². The molecule has 1 atom stereocenters.